The maximum atomic E-state index is 11.3. The van der Waals surface area contributed by atoms with Crippen molar-refractivity contribution < 1.29 is 9.53 Å². The number of ether oxygens (including phenoxy) is 1. The van der Waals surface area contributed by atoms with Gasteiger partial charge in [0.2, 0.25) is 0 Å². The molecule has 0 saturated carbocycles. The van der Waals surface area contributed by atoms with E-state index in [0.29, 0.717) is 16.7 Å². The van der Waals surface area contributed by atoms with Gasteiger partial charge < -0.3 is 9.72 Å². The Labute approximate surface area is 109 Å². The quantitative estimate of drug-likeness (QED) is 0.868. The molecule has 0 aliphatic carbocycles. The van der Waals surface area contributed by atoms with E-state index < -0.39 is 0 Å². The molecule has 0 aliphatic rings. The normalized spacial score (nSPS) is 10.8. The fourth-order valence-corrected chi connectivity index (χ4v) is 2.04. The summed E-state index contributed by atoms with van der Waals surface area (Å²) in [5.74, 6) is -0.263. The Morgan fingerprint density at radius 2 is 2.18 bits per heavy atom. The van der Waals surface area contributed by atoms with Gasteiger partial charge in [-0.2, -0.15) is 0 Å². The van der Waals surface area contributed by atoms with Crippen molar-refractivity contribution in [1.82, 2.24) is 4.98 Å². The van der Waals surface area contributed by atoms with E-state index in [1.165, 1.54) is 0 Å². The largest absolute Gasteiger partial charge is 0.466 e. The summed E-state index contributed by atoms with van der Waals surface area (Å²) in [6.45, 7) is 2.16. The smallest absolute Gasteiger partial charge is 0.311 e. The Morgan fingerprint density at radius 3 is 2.88 bits per heavy atom. The fraction of sp³-hybridized carbons (Fsp3) is 0.250. The number of hydrogen-bond donors (Lipinski definition) is 1. The summed E-state index contributed by atoms with van der Waals surface area (Å²) in [5.41, 5.74) is 1.51. The van der Waals surface area contributed by atoms with Gasteiger partial charge >= 0.3 is 5.97 Å². The van der Waals surface area contributed by atoms with Crippen LogP contribution in [0.3, 0.4) is 0 Å². The highest BCUT2D eigenvalue weighted by atomic mass is 35.5. The number of nitrogens with one attached hydrogen (secondary N) is 1. The SMILES string of the molecule is CCOC(=O)Cc1cc2ccc(Cl)c(Cl)c2[nH]1. The molecule has 0 saturated heterocycles. The minimum Gasteiger partial charge on any atom is -0.466 e. The number of H-pyrrole nitrogens is 1. The highest BCUT2D eigenvalue weighted by Crippen LogP contribution is 2.30. The maximum Gasteiger partial charge on any atom is 0.311 e. The van der Waals surface area contributed by atoms with Crippen molar-refractivity contribution in [2.75, 3.05) is 6.61 Å². The van der Waals surface area contributed by atoms with Gasteiger partial charge in [-0.1, -0.05) is 29.3 Å². The molecular weight excluding hydrogens is 261 g/mol. The third-order valence-corrected chi connectivity index (χ3v) is 3.19. The molecular formula is C12H11Cl2NO2. The van der Waals surface area contributed by atoms with Gasteiger partial charge in [0.25, 0.3) is 0 Å². The van der Waals surface area contributed by atoms with Crippen molar-refractivity contribution in [2.45, 2.75) is 13.3 Å². The third-order valence-electron chi connectivity index (χ3n) is 2.38. The number of carbonyl (C=O) groups excluding carboxylic acids is 1. The first-order valence-electron chi connectivity index (χ1n) is 5.23. The molecule has 0 aliphatic heterocycles. The Bertz CT molecular complexity index is 563. The molecule has 0 radical (unpaired) electrons. The standard InChI is InChI=1S/C12H11Cl2NO2/c1-2-17-10(16)6-8-5-7-3-4-9(13)11(14)12(7)15-8/h3-5,15H,2,6H2,1H3. The molecule has 0 fully saturated rings. The van der Waals surface area contributed by atoms with Crippen LogP contribution in [-0.4, -0.2) is 17.6 Å². The van der Waals surface area contributed by atoms with E-state index in [1.54, 1.807) is 13.0 Å². The molecule has 0 unspecified atom stereocenters. The van der Waals surface area contributed by atoms with Gasteiger partial charge in [0, 0.05) is 11.1 Å². The van der Waals surface area contributed by atoms with Crippen LogP contribution in [0.15, 0.2) is 18.2 Å². The van der Waals surface area contributed by atoms with Gasteiger partial charge in [-0.3, -0.25) is 4.79 Å². The highest BCUT2D eigenvalue weighted by molar-refractivity contribution is 6.45. The molecule has 1 aromatic carbocycles. The summed E-state index contributed by atoms with van der Waals surface area (Å²) in [4.78, 5) is 14.4. The number of aromatic amines is 1. The maximum absolute atomic E-state index is 11.3. The van der Waals surface area contributed by atoms with Crippen LogP contribution in [0.5, 0.6) is 0 Å². The van der Waals surface area contributed by atoms with Gasteiger partial charge in [-0.05, 0) is 19.1 Å². The number of esters is 1. The lowest BCUT2D eigenvalue weighted by Crippen LogP contribution is -2.07. The summed E-state index contributed by atoms with van der Waals surface area (Å²) < 4.78 is 4.88. The van der Waals surface area contributed by atoms with E-state index in [4.69, 9.17) is 27.9 Å². The zero-order valence-electron chi connectivity index (χ0n) is 9.22. The Balaban J connectivity index is 2.32. The predicted molar refractivity (Wildman–Crippen MR) is 68.7 cm³/mol. The summed E-state index contributed by atoms with van der Waals surface area (Å²) in [7, 11) is 0. The van der Waals surface area contributed by atoms with Crippen LogP contribution < -0.4 is 0 Å². The van der Waals surface area contributed by atoms with Gasteiger partial charge in [-0.25, -0.2) is 0 Å². The molecule has 1 aromatic heterocycles. The van der Waals surface area contributed by atoms with Crippen molar-refractivity contribution >= 4 is 40.1 Å². The first-order chi connectivity index (χ1) is 8.11. The number of aromatic nitrogens is 1. The number of fused-ring (bicyclic) bond motifs is 1. The lowest BCUT2D eigenvalue weighted by molar-refractivity contribution is -0.142. The predicted octanol–water partition coefficient (Wildman–Crippen LogP) is 3.58. The van der Waals surface area contributed by atoms with Crippen molar-refractivity contribution in [2.24, 2.45) is 0 Å². The highest BCUT2D eigenvalue weighted by Gasteiger charge is 2.10. The Kier molecular flexibility index (Phi) is 3.60. The second-order valence-corrected chi connectivity index (χ2v) is 4.39. The van der Waals surface area contributed by atoms with Crippen LogP contribution in [-0.2, 0) is 16.0 Å². The first-order valence-corrected chi connectivity index (χ1v) is 5.98. The Morgan fingerprint density at radius 1 is 1.41 bits per heavy atom. The lowest BCUT2D eigenvalue weighted by atomic mass is 10.2. The minimum atomic E-state index is -0.263. The number of hydrogen-bond acceptors (Lipinski definition) is 2. The molecule has 2 rings (SSSR count). The first kappa shape index (κ1) is 12.3. The van der Waals surface area contributed by atoms with Crippen LogP contribution in [0.4, 0.5) is 0 Å². The van der Waals surface area contributed by atoms with E-state index in [0.717, 1.165) is 16.6 Å². The number of rotatable bonds is 3. The van der Waals surface area contributed by atoms with Crippen LogP contribution in [0, 0.1) is 0 Å². The van der Waals surface area contributed by atoms with Crippen molar-refractivity contribution in [3.8, 4) is 0 Å². The van der Waals surface area contributed by atoms with Crippen molar-refractivity contribution in [3.05, 3.63) is 33.9 Å². The zero-order valence-corrected chi connectivity index (χ0v) is 10.7. The molecule has 17 heavy (non-hydrogen) atoms. The second-order valence-electron chi connectivity index (χ2n) is 3.60. The molecule has 90 valence electrons. The van der Waals surface area contributed by atoms with Crippen LogP contribution in [0.25, 0.3) is 10.9 Å². The molecule has 5 heteroatoms. The minimum absolute atomic E-state index is 0.205. The van der Waals surface area contributed by atoms with Gasteiger partial charge in [0.05, 0.1) is 28.6 Å². The lowest BCUT2D eigenvalue weighted by Gasteiger charge is -1.99. The fourth-order valence-electron chi connectivity index (χ4n) is 1.66. The van der Waals surface area contributed by atoms with Crippen molar-refractivity contribution in [1.29, 1.82) is 0 Å². The summed E-state index contributed by atoms with van der Waals surface area (Å²) in [6, 6.07) is 5.46. The molecule has 0 spiro atoms. The van der Waals surface area contributed by atoms with Gasteiger partial charge in [0.15, 0.2) is 0 Å². The number of benzene rings is 1. The second kappa shape index (κ2) is 4.98. The van der Waals surface area contributed by atoms with Crippen molar-refractivity contribution in [3.63, 3.8) is 0 Å². The summed E-state index contributed by atoms with van der Waals surface area (Å²) >= 11 is 12.0. The molecule has 3 nitrogen and oxygen atoms in total. The third kappa shape index (κ3) is 2.56. The van der Waals surface area contributed by atoms with E-state index in [9.17, 15) is 4.79 Å². The number of halogens is 2. The molecule has 1 heterocycles. The van der Waals surface area contributed by atoms with Crippen LogP contribution >= 0.6 is 23.2 Å². The van der Waals surface area contributed by atoms with E-state index in [2.05, 4.69) is 4.98 Å². The zero-order chi connectivity index (χ0) is 12.4. The van der Waals surface area contributed by atoms with Gasteiger partial charge in [0.1, 0.15) is 0 Å². The number of carbonyl (C=O) groups is 1. The topological polar surface area (TPSA) is 42.1 Å². The molecule has 0 amide bonds. The van der Waals surface area contributed by atoms with E-state index in [-0.39, 0.29) is 12.4 Å². The summed E-state index contributed by atoms with van der Waals surface area (Å²) in [6.07, 6.45) is 0.205. The Hall–Kier alpha value is -1.19. The average molecular weight is 272 g/mol. The molecule has 0 atom stereocenters. The molecule has 1 N–H and O–H groups in total. The van der Waals surface area contributed by atoms with E-state index >= 15 is 0 Å². The molecule has 0 bridgehead atoms. The summed E-state index contributed by atoms with van der Waals surface area (Å²) in [5, 5.41) is 1.89. The van der Waals surface area contributed by atoms with E-state index in [1.807, 2.05) is 12.1 Å². The average Bonchev–Trinajstić information content (AvgIpc) is 2.67. The van der Waals surface area contributed by atoms with Crippen LogP contribution in [0.1, 0.15) is 12.6 Å². The molecule has 2 aromatic rings. The van der Waals surface area contributed by atoms with Crippen LogP contribution in [0.2, 0.25) is 10.0 Å². The van der Waals surface area contributed by atoms with Gasteiger partial charge in [-0.15, -0.1) is 0 Å². The monoisotopic (exact) mass is 271 g/mol.